The maximum atomic E-state index is 12.2. The summed E-state index contributed by atoms with van der Waals surface area (Å²) in [6.07, 6.45) is 1.09. The maximum Gasteiger partial charge on any atom is 0.249 e. The standard InChI is InChI=1S/C27H26BrCl2N3O4/c1-4-36-24-11-18(10-22(28)27(24)37-15-19-6-7-20(29)12-23(19)30)14-31-33-26(35)13-25(34)32-21-8-5-16(2)17(3)9-21/h5-12,14H,4,13,15H2,1-3H3,(H,32,34)(H,33,35). The van der Waals surface area contributed by atoms with Crippen LogP contribution in [0.4, 0.5) is 5.69 Å². The van der Waals surface area contributed by atoms with Crippen molar-refractivity contribution >= 4 is 62.8 Å². The number of carbonyl (C=O) groups is 2. The fourth-order valence-electron chi connectivity index (χ4n) is 3.24. The van der Waals surface area contributed by atoms with Gasteiger partial charge in [0.05, 0.1) is 17.3 Å². The minimum absolute atomic E-state index is 0.211. The van der Waals surface area contributed by atoms with Crippen molar-refractivity contribution in [2.45, 2.75) is 33.8 Å². The number of nitrogens with zero attached hydrogens (tertiary/aromatic N) is 1. The van der Waals surface area contributed by atoms with Crippen molar-refractivity contribution in [2.24, 2.45) is 5.10 Å². The molecule has 0 aliphatic carbocycles. The van der Waals surface area contributed by atoms with E-state index in [1.807, 2.05) is 32.9 Å². The molecule has 2 amide bonds. The molecule has 0 aliphatic heterocycles. The third-order valence-electron chi connectivity index (χ3n) is 5.23. The summed E-state index contributed by atoms with van der Waals surface area (Å²) in [7, 11) is 0. The van der Waals surface area contributed by atoms with Gasteiger partial charge in [0, 0.05) is 21.3 Å². The number of benzene rings is 3. The summed E-state index contributed by atoms with van der Waals surface area (Å²) in [6, 6.07) is 14.2. The van der Waals surface area contributed by atoms with Crippen LogP contribution in [0.1, 0.15) is 35.6 Å². The molecule has 3 rings (SSSR count). The van der Waals surface area contributed by atoms with Crippen LogP contribution < -0.4 is 20.2 Å². The van der Waals surface area contributed by atoms with Gasteiger partial charge in [-0.05, 0) is 89.8 Å². The first-order chi connectivity index (χ1) is 17.7. The smallest absolute Gasteiger partial charge is 0.249 e. The molecule has 0 heterocycles. The van der Waals surface area contributed by atoms with Gasteiger partial charge in [0.15, 0.2) is 11.5 Å². The first-order valence-electron chi connectivity index (χ1n) is 11.4. The van der Waals surface area contributed by atoms with Crippen molar-refractivity contribution < 1.29 is 19.1 Å². The van der Waals surface area contributed by atoms with Crippen LogP contribution in [0.5, 0.6) is 11.5 Å². The predicted octanol–water partition coefficient (Wildman–Crippen LogP) is 6.83. The monoisotopic (exact) mass is 605 g/mol. The Labute approximate surface area is 234 Å². The number of rotatable bonds is 10. The van der Waals surface area contributed by atoms with Crippen LogP contribution in [0, 0.1) is 13.8 Å². The van der Waals surface area contributed by atoms with Gasteiger partial charge in [-0.1, -0.05) is 35.3 Å². The molecule has 0 saturated carbocycles. The van der Waals surface area contributed by atoms with Crippen LogP contribution in [0.15, 0.2) is 58.1 Å². The van der Waals surface area contributed by atoms with Gasteiger partial charge in [0.2, 0.25) is 11.8 Å². The van der Waals surface area contributed by atoms with Crippen LogP contribution in [0.25, 0.3) is 0 Å². The molecule has 10 heteroatoms. The van der Waals surface area contributed by atoms with Crippen LogP contribution in [0.3, 0.4) is 0 Å². The fourth-order valence-corrected chi connectivity index (χ4v) is 4.28. The van der Waals surface area contributed by atoms with Crippen molar-refractivity contribution in [1.29, 1.82) is 0 Å². The normalized spacial score (nSPS) is 10.9. The van der Waals surface area contributed by atoms with Gasteiger partial charge in [-0.15, -0.1) is 0 Å². The zero-order valence-electron chi connectivity index (χ0n) is 20.5. The third-order valence-corrected chi connectivity index (χ3v) is 6.41. The Morgan fingerprint density at radius 3 is 2.49 bits per heavy atom. The Morgan fingerprint density at radius 1 is 1.00 bits per heavy atom. The van der Waals surface area contributed by atoms with Crippen LogP contribution in [-0.2, 0) is 16.2 Å². The summed E-state index contributed by atoms with van der Waals surface area (Å²) < 4.78 is 12.3. The molecule has 0 saturated heterocycles. The number of hydrazone groups is 1. The van der Waals surface area contributed by atoms with E-state index in [4.69, 9.17) is 32.7 Å². The summed E-state index contributed by atoms with van der Waals surface area (Å²) in [5, 5.41) is 7.72. The zero-order chi connectivity index (χ0) is 26.9. The summed E-state index contributed by atoms with van der Waals surface area (Å²) in [6.45, 7) is 6.42. The van der Waals surface area contributed by atoms with Gasteiger partial charge >= 0.3 is 0 Å². The van der Waals surface area contributed by atoms with Crippen molar-refractivity contribution in [3.05, 3.63) is 85.3 Å². The highest BCUT2D eigenvalue weighted by molar-refractivity contribution is 9.10. The lowest BCUT2D eigenvalue weighted by Gasteiger charge is -2.15. The molecule has 3 aromatic carbocycles. The lowest BCUT2D eigenvalue weighted by molar-refractivity contribution is -0.126. The lowest BCUT2D eigenvalue weighted by Crippen LogP contribution is -2.24. The molecular formula is C27H26BrCl2N3O4. The molecular weight excluding hydrogens is 581 g/mol. The minimum atomic E-state index is -0.540. The molecule has 0 bridgehead atoms. The minimum Gasteiger partial charge on any atom is -0.490 e. The summed E-state index contributed by atoms with van der Waals surface area (Å²) in [5.41, 5.74) is 6.60. The van der Waals surface area contributed by atoms with Gasteiger partial charge in [0.1, 0.15) is 13.0 Å². The molecule has 2 N–H and O–H groups in total. The van der Waals surface area contributed by atoms with Gasteiger partial charge in [0.25, 0.3) is 0 Å². The van der Waals surface area contributed by atoms with Crippen molar-refractivity contribution in [2.75, 3.05) is 11.9 Å². The van der Waals surface area contributed by atoms with Crippen LogP contribution in [0.2, 0.25) is 10.0 Å². The second-order valence-corrected chi connectivity index (χ2v) is 9.80. The molecule has 3 aromatic rings. The Hall–Kier alpha value is -3.07. The molecule has 0 aromatic heterocycles. The number of amides is 2. The maximum absolute atomic E-state index is 12.2. The summed E-state index contributed by atoms with van der Waals surface area (Å²) in [4.78, 5) is 24.3. The van der Waals surface area contributed by atoms with Crippen molar-refractivity contribution in [3.8, 4) is 11.5 Å². The van der Waals surface area contributed by atoms with E-state index in [-0.39, 0.29) is 13.0 Å². The molecule has 0 spiro atoms. The number of anilines is 1. The lowest BCUT2D eigenvalue weighted by atomic mass is 10.1. The van der Waals surface area contributed by atoms with E-state index in [0.29, 0.717) is 43.9 Å². The zero-order valence-corrected chi connectivity index (χ0v) is 23.6. The quantitative estimate of drug-likeness (QED) is 0.150. The Morgan fingerprint density at radius 2 is 1.78 bits per heavy atom. The number of carbonyl (C=O) groups excluding carboxylic acids is 2. The average molecular weight is 607 g/mol. The molecule has 0 fully saturated rings. The SMILES string of the molecule is CCOc1cc(C=NNC(=O)CC(=O)Nc2ccc(C)c(C)c2)cc(Br)c1OCc1ccc(Cl)cc1Cl. The first kappa shape index (κ1) is 28.5. The Kier molecular flexibility index (Phi) is 10.4. The van der Waals surface area contributed by atoms with E-state index in [2.05, 4.69) is 31.8 Å². The van der Waals surface area contributed by atoms with Gasteiger partial charge < -0.3 is 14.8 Å². The number of nitrogens with one attached hydrogen (secondary N) is 2. The molecule has 0 aliphatic rings. The number of ether oxygens (including phenoxy) is 2. The van der Waals surface area contributed by atoms with Gasteiger partial charge in [-0.25, -0.2) is 5.43 Å². The largest absolute Gasteiger partial charge is 0.490 e. The van der Waals surface area contributed by atoms with Gasteiger partial charge in [-0.2, -0.15) is 5.10 Å². The van der Waals surface area contributed by atoms with E-state index in [1.165, 1.54) is 6.21 Å². The van der Waals surface area contributed by atoms with E-state index in [9.17, 15) is 9.59 Å². The Balaban J connectivity index is 1.61. The fraction of sp³-hybridized carbons (Fsp3) is 0.222. The number of hydrogen-bond acceptors (Lipinski definition) is 5. The molecule has 0 unspecified atom stereocenters. The summed E-state index contributed by atoms with van der Waals surface area (Å²) in [5.74, 6) is 0.0145. The van der Waals surface area contributed by atoms with Crippen LogP contribution in [-0.4, -0.2) is 24.6 Å². The number of hydrogen-bond donors (Lipinski definition) is 2. The average Bonchev–Trinajstić information content (AvgIpc) is 2.82. The Bertz CT molecular complexity index is 1330. The molecule has 7 nitrogen and oxygen atoms in total. The van der Waals surface area contributed by atoms with Gasteiger partial charge in [-0.3, -0.25) is 9.59 Å². The van der Waals surface area contributed by atoms with E-state index >= 15 is 0 Å². The molecule has 0 atom stereocenters. The van der Waals surface area contributed by atoms with Crippen LogP contribution >= 0.6 is 39.1 Å². The topological polar surface area (TPSA) is 89.0 Å². The highest BCUT2D eigenvalue weighted by Crippen LogP contribution is 2.37. The second kappa shape index (κ2) is 13.5. The molecule has 37 heavy (non-hydrogen) atoms. The molecule has 0 radical (unpaired) electrons. The predicted molar refractivity (Wildman–Crippen MR) is 151 cm³/mol. The van der Waals surface area contributed by atoms with E-state index < -0.39 is 11.8 Å². The highest BCUT2D eigenvalue weighted by atomic mass is 79.9. The molecule has 194 valence electrons. The summed E-state index contributed by atoms with van der Waals surface area (Å²) >= 11 is 15.7. The number of halogens is 3. The van der Waals surface area contributed by atoms with E-state index in [1.54, 1.807) is 36.4 Å². The highest BCUT2D eigenvalue weighted by Gasteiger charge is 2.14. The second-order valence-electron chi connectivity index (χ2n) is 8.10. The first-order valence-corrected chi connectivity index (χ1v) is 12.9. The van der Waals surface area contributed by atoms with Crippen molar-refractivity contribution in [3.63, 3.8) is 0 Å². The van der Waals surface area contributed by atoms with Crippen molar-refractivity contribution in [1.82, 2.24) is 5.43 Å². The number of aryl methyl sites for hydroxylation is 2. The van der Waals surface area contributed by atoms with E-state index in [0.717, 1.165) is 16.7 Å². The third kappa shape index (κ3) is 8.49.